The van der Waals surface area contributed by atoms with Crippen LogP contribution < -0.4 is 15.8 Å². The summed E-state index contributed by atoms with van der Waals surface area (Å²) >= 11 is 0. The number of amides is 1. The maximum absolute atomic E-state index is 12.5. The zero-order valence-electron chi connectivity index (χ0n) is 14.7. The number of para-hydroxylation sites is 1. The Labute approximate surface area is 155 Å². The molecule has 0 aliphatic heterocycles. The maximum atomic E-state index is 12.5. The minimum Gasteiger partial charge on any atom is -0.496 e. The standard InChI is InChI=1S/C19H28N2O3.ClH/c1-24-17-8-3-2-7-15(17)16(22)11-21-19(23)14-9-12-5-4-6-13(10-14)18(12)20;/h2-3,7-8,12-14,16,18,22H,4-6,9-11,20H2,1H3,(H,21,23);1H. The van der Waals surface area contributed by atoms with Gasteiger partial charge in [0, 0.05) is 24.1 Å². The third kappa shape index (κ3) is 4.46. The number of carbonyl (C=O) groups excluding carboxylic acids is 1. The second-order valence-corrected chi connectivity index (χ2v) is 7.20. The lowest BCUT2D eigenvalue weighted by Crippen LogP contribution is -2.49. The van der Waals surface area contributed by atoms with Gasteiger partial charge in [0.15, 0.2) is 0 Å². The molecule has 3 atom stereocenters. The zero-order chi connectivity index (χ0) is 17.1. The van der Waals surface area contributed by atoms with Crippen LogP contribution in [0.3, 0.4) is 0 Å². The third-order valence-electron chi connectivity index (χ3n) is 5.75. The van der Waals surface area contributed by atoms with E-state index in [1.165, 1.54) is 6.42 Å². The Kier molecular flexibility index (Phi) is 7.11. The number of benzene rings is 1. The fourth-order valence-corrected chi connectivity index (χ4v) is 4.40. The zero-order valence-corrected chi connectivity index (χ0v) is 15.5. The van der Waals surface area contributed by atoms with Crippen molar-refractivity contribution in [2.45, 2.75) is 44.2 Å². The summed E-state index contributed by atoms with van der Waals surface area (Å²) in [5.74, 6) is 1.68. The van der Waals surface area contributed by atoms with E-state index in [-0.39, 0.29) is 36.8 Å². The number of carbonyl (C=O) groups is 1. The van der Waals surface area contributed by atoms with Crippen molar-refractivity contribution in [3.05, 3.63) is 29.8 Å². The fourth-order valence-electron chi connectivity index (χ4n) is 4.40. The van der Waals surface area contributed by atoms with Crippen molar-refractivity contribution in [2.75, 3.05) is 13.7 Å². The van der Waals surface area contributed by atoms with E-state index in [1.807, 2.05) is 24.3 Å². The summed E-state index contributed by atoms with van der Waals surface area (Å²) in [6.07, 6.45) is 4.53. The molecular weight excluding hydrogens is 340 g/mol. The molecule has 0 aromatic heterocycles. The molecule has 1 aromatic carbocycles. The minimum atomic E-state index is -0.768. The first-order valence-corrected chi connectivity index (χ1v) is 8.94. The predicted molar refractivity (Wildman–Crippen MR) is 99.7 cm³/mol. The van der Waals surface area contributed by atoms with Gasteiger partial charge in [0.2, 0.25) is 5.91 Å². The van der Waals surface area contributed by atoms with Crippen molar-refractivity contribution >= 4 is 18.3 Å². The third-order valence-corrected chi connectivity index (χ3v) is 5.75. The number of nitrogens with two attached hydrogens (primary N) is 1. The molecule has 0 saturated heterocycles. The highest BCUT2D eigenvalue weighted by Crippen LogP contribution is 2.41. The van der Waals surface area contributed by atoms with Crippen molar-refractivity contribution in [1.82, 2.24) is 5.32 Å². The van der Waals surface area contributed by atoms with Gasteiger partial charge in [-0.25, -0.2) is 0 Å². The quantitative estimate of drug-likeness (QED) is 0.745. The molecular formula is C19H29ClN2O3. The molecule has 1 amide bonds. The van der Waals surface area contributed by atoms with Crippen molar-refractivity contribution in [1.29, 1.82) is 0 Å². The normalized spacial score (nSPS) is 29.2. The Balaban J connectivity index is 0.00000225. The largest absolute Gasteiger partial charge is 0.496 e. The monoisotopic (exact) mass is 368 g/mol. The van der Waals surface area contributed by atoms with Gasteiger partial charge in [0.25, 0.3) is 0 Å². The first-order valence-electron chi connectivity index (χ1n) is 8.94. The summed E-state index contributed by atoms with van der Waals surface area (Å²) < 4.78 is 5.27. The number of aliphatic hydroxyl groups excluding tert-OH is 1. The smallest absolute Gasteiger partial charge is 0.223 e. The van der Waals surface area contributed by atoms with Crippen LogP contribution in [0.1, 0.15) is 43.8 Å². The Morgan fingerprint density at radius 1 is 1.32 bits per heavy atom. The molecule has 25 heavy (non-hydrogen) atoms. The molecule has 0 spiro atoms. The van der Waals surface area contributed by atoms with Crippen LogP contribution in [0.25, 0.3) is 0 Å². The summed E-state index contributed by atoms with van der Waals surface area (Å²) in [6, 6.07) is 7.61. The second kappa shape index (κ2) is 8.88. The van der Waals surface area contributed by atoms with Gasteiger partial charge in [-0.3, -0.25) is 4.79 Å². The molecule has 5 nitrogen and oxygen atoms in total. The van der Waals surface area contributed by atoms with Gasteiger partial charge in [-0.1, -0.05) is 24.6 Å². The fraction of sp³-hybridized carbons (Fsp3) is 0.632. The van der Waals surface area contributed by atoms with Crippen LogP contribution >= 0.6 is 12.4 Å². The van der Waals surface area contributed by atoms with Gasteiger partial charge >= 0.3 is 0 Å². The van der Waals surface area contributed by atoms with Crippen LogP contribution in [0.5, 0.6) is 5.75 Å². The van der Waals surface area contributed by atoms with Crippen molar-refractivity contribution in [3.63, 3.8) is 0 Å². The average molecular weight is 369 g/mol. The van der Waals surface area contributed by atoms with Gasteiger partial charge in [-0.2, -0.15) is 0 Å². The number of methoxy groups -OCH3 is 1. The molecule has 2 saturated carbocycles. The molecule has 3 unspecified atom stereocenters. The predicted octanol–water partition coefficient (Wildman–Crippen LogP) is 2.42. The molecule has 4 N–H and O–H groups in total. The molecule has 2 aliphatic carbocycles. The highest BCUT2D eigenvalue weighted by atomic mass is 35.5. The number of hydrogen-bond donors (Lipinski definition) is 3. The molecule has 2 aliphatic rings. The van der Waals surface area contributed by atoms with E-state index < -0.39 is 6.10 Å². The van der Waals surface area contributed by atoms with Gasteiger partial charge in [-0.15, -0.1) is 12.4 Å². The van der Waals surface area contributed by atoms with Gasteiger partial charge in [0.1, 0.15) is 5.75 Å². The van der Waals surface area contributed by atoms with E-state index in [1.54, 1.807) is 7.11 Å². The highest BCUT2D eigenvalue weighted by molar-refractivity contribution is 5.85. The number of halogens is 1. The Bertz CT molecular complexity index is 570. The van der Waals surface area contributed by atoms with E-state index in [2.05, 4.69) is 5.32 Å². The molecule has 0 radical (unpaired) electrons. The van der Waals surface area contributed by atoms with Crippen molar-refractivity contribution in [2.24, 2.45) is 23.5 Å². The lowest BCUT2D eigenvalue weighted by molar-refractivity contribution is -0.128. The maximum Gasteiger partial charge on any atom is 0.223 e. The summed E-state index contributed by atoms with van der Waals surface area (Å²) in [4.78, 5) is 12.5. The summed E-state index contributed by atoms with van der Waals surface area (Å²) in [7, 11) is 1.58. The number of aliphatic hydroxyl groups is 1. The van der Waals surface area contributed by atoms with Gasteiger partial charge < -0.3 is 20.9 Å². The van der Waals surface area contributed by atoms with Gasteiger partial charge in [0.05, 0.1) is 13.2 Å². The Hall–Kier alpha value is -1.30. The van der Waals surface area contributed by atoms with E-state index in [9.17, 15) is 9.90 Å². The molecule has 1 aromatic rings. The molecule has 2 fully saturated rings. The second-order valence-electron chi connectivity index (χ2n) is 7.20. The number of nitrogens with one attached hydrogen (secondary N) is 1. The average Bonchev–Trinajstić information content (AvgIpc) is 2.59. The molecule has 140 valence electrons. The number of rotatable bonds is 5. The minimum absolute atomic E-state index is 0. The Morgan fingerprint density at radius 3 is 2.60 bits per heavy atom. The summed E-state index contributed by atoms with van der Waals surface area (Å²) in [6.45, 7) is 0.205. The van der Waals surface area contributed by atoms with E-state index in [0.717, 1.165) is 25.7 Å². The highest BCUT2D eigenvalue weighted by Gasteiger charge is 2.40. The number of hydrogen-bond acceptors (Lipinski definition) is 4. The van der Waals surface area contributed by atoms with Gasteiger partial charge in [-0.05, 0) is 43.6 Å². The SMILES string of the molecule is COc1ccccc1C(O)CNC(=O)C1CC2CCCC(C1)C2N.Cl. The number of ether oxygens (including phenoxy) is 1. The van der Waals surface area contributed by atoms with Crippen LogP contribution in [0.2, 0.25) is 0 Å². The van der Waals surface area contributed by atoms with Crippen LogP contribution in [0.15, 0.2) is 24.3 Å². The molecule has 3 rings (SSSR count). The molecule has 6 heteroatoms. The Morgan fingerprint density at radius 2 is 1.96 bits per heavy atom. The van der Waals surface area contributed by atoms with Crippen molar-refractivity contribution in [3.8, 4) is 5.75 Å². The van der Waals surface area contributed by atoms with Crippen molar-refractivity contribution < 1.29 is 14.6 Å². The van der Waals surface area contributed by atoms with E-state index >= 15 is 0 Å². The lowest BCUT2D eigenvalue weighted by Gasteiger charge is -2.43. The summed E-state index contributed by atoms with van der Waals surface area (Å²) in [5.41, 5.74) is 6.99. The molecule has 2 bridgehead atoms. The topological polar surface area (TPSA) is 84.6 Å². The number of fused-ring (bicyclic) bond motifs is 2. The lowest BCUT2D eigenvalue weighted by atomic mass is 9.65. The van der Waals surface area contributed by atoms with Crippen LogP contribution in [0, 0.1) is 17.8 Å². The first-order chi connectivity index (χ1) is 11.6. The summed E-state index contributed by atoms with van der Waals surface area (Å²) in [5, 5.41) is 13.3. The van der Waals surface area contributed by atoms with Crippen LogP contribution in [-0.2, 0) is 4.79 Å². The van der Waals surface area contributed by atoms with Crippen LogP contribution in [-0.4, -0.2) is 30.7 Å². The van der Waals surface area contributed by atoms with Crippen LogP contribution in [0.4, 0.5) is 0 Å². The van der Waals surface area contributed by atoms with E-state index in [0.29, 0.717) is 23.1 Å². The first kappa shape index (κ1) is 20.0. The van der Waals surface area contributed by atoms with E-state index in [4.69, 9.17) is 10.5 Å². The molecule has 0 heterocycles.